The Morgan fingerprint density at radius 2 is 1.92 bits per heavy atom. The van der Waals surface area contributed by atoms with Crippen LogP contribution in [0.2, 0.25) is 0 Å². The molecule has 2 N–H and O–H groups in total. The van der Waals surface area contributed by atoms with Crippen LogP contribution >= 0.6 is 35.3 Å². The van der Waals surface area contributed by atoms with Gasteiger partial charge in [0, 0.05) is 31.1 Å². The first kappa shape index (κ1) is 21.9. The second-order valence-electron chi connectivity index (χ2n) is 5.97. The van der Waals surface area contributed by atoms with E-state index in [1.54, 1.807) is 11.3 Å². The second kappa shape index (κ2) is 12.3. The Morgan fingerprint density at radius 1 is 1.16 bits per heavy atom. The normalized spacial score (nSPS) is 12.6. The van der Waals surface area contributed by atoms with E-state index in [9.17, 15) is 0 Å². The first-order chi connectivity index (χ1) is 11.7. The number of guanidine groups is 1. The smallest absolute Gasteiger partial charge is 0.191 e. The van der Waals surface area contributed by atoms with Gasteiger partial charge in [-0.15, -0.1) is 35.3 Å². The molecule has 1 atom stereocenters. The summed E-state index contributed by atoms with van der Waals surface area (Å²) in [7, 11) is 4.00. The van der Waals surface area contributed by atoms with Gasteiger partial charge in [0.15, 0.2) is 5.96 Å². The van der Waals surface area contributed by atoms with E-state index < -0.39 is 0 Å². The van der Waals surface area contributed by atoms with E-state index in [-0.39, 0.29) is 24.0 Å². The third-order valence-corrected chi connectivity index (χ3v) is 4.99. The van der Waals surface area contributed by atoms with Crippen molar-refractivity contribution in [2.75, 3.05) is 20.6 Å². The lowest BCUT2D eigenvalue weighted by molar-refractivity contribution is 0.238. The summed E-state index contributed by atoms with van der Waals surface area (Å²) in [4.78, 5) is 7.98. The molecular weight excluding hydrogens is 443 g/mol. The molecule has 0 aliphatic rings. The maximum absolute atomic E-state index is 4.28. The van der Waals surface area contributed by atoms with Crippen LogP contribution in [-0.2, 0) is 13.1 Å². The molecule has 4 nitrogen and oxygen atoms in total. The average Bonchev–Trinajstić information content (AvgIpc) is 3.12. The molecule has 6 heteroatoms. The van der Waals surface area contributed by atoms with Crippen LogP contribution in [0.25, 0.3) is 0 Å². The molecule has 1 aromatic heterocycles. The molecule has 1 heterocycles. The van der Waals surface area contributed by atoms with Crippen LogP contribution in [0.15, 0.2) is 52.8 Å². The molecule has 0 saturated carbocycles. The Labute approximate surface area is 172 Å². The lowest BCUT2D eigenvalue weighted by atomic mass is 10.1. The molecule has 1 unspecified atom stereocenters. The molecule has 2 aromatic rings. The lowest BCUT2D eigenvalue weighted by Gasteiger charge is -2.25. The fourth-order valence-electron chi connectivity index (χ4n) is 2.45. The Bertz CT molecular complexity index is 601. The van der Waals surface area contributed by atoms with Crippen molar-refractivity contribution in [1.82, 2.24) is 15.5 Å². The van der Waals surface area contributed by atoms with Crippen molar-refractivity contribution in [3.63, 3.8) is 0 Å². The first-order valence-corrected chi connectivity index (χ1v) is 9.28. The van der Waals surface area contributed by atoms with Crippen LogP contribution in [0, 0.1) is 0 Å². The fourth-order valence-corrected chi connectivity index (χ4v) is 3.10. The lowest BCUT2D eigenvalue weighted by Crippen LogP contribution is -2.39. The van der Waals surface area contributed by atoms with Crippen molar-refractivity contribution in [2.45, 2.75) is 32.5 Å². The van der Waals surface area contributed by atoms with Crippen molar-refractivity contribution in [2.24, 2.45) is 4.99 Å². The molecule has 0 aliphatic carbocycles. The minimum Gasteiger partial charge on any atom is -0.356 e. The van der Waals surface area contributed by atoms with E-state index in [4.69, 9.17) is 0 Å². The molecule has 1 aromatic carbocycles. The predicted octanol–water partition coefficient (Wildman–Crippen LogP) is 3.94. The van der Waals surface area contributed by atoms with Crippen LogP contribution in [0.5, 0.6) is 0 Å². The van der Waals surface area contributed by atoms with Gasteiger partial charge in [-0.05, 0) is 37.4 Å². The zero-order valence-corrected chi connectivity index (χ0v) is 18.4. The highest BCUT2D eigenvalue weighted by atomic mass is 127. The maximum Gasteiger partial charge on any atom is 0.191 e. The summed E-state index contributed by atoms with van der Waals surface area (Å²) in [5, 5.41) is 8.84. The number of aliphatic imine (C=N–C) groups is 1. The van der Waals surface area contributed by atoms with E-state index in [2.05, 4.69) is 82.3 Å². The van der Waals surface area contributed by atoms with Crippen molar-refractivity contribution >= 4 is 41.3 Å². The Balaban J connectivity index is 0.00000312. The van der Waals surface area contributed by atoms with E-state index in [0.29, 0.717) is 6.04 Å². The Hall–Kier alpha value is -1.12. The highest BCUT2D eigenvalue weighted by Gasteiger charge is 2.09. The monoisotopic (exact) mass is 472 g/mol. The number of nitrogens with one attached hydrogen (secondary N) is 2. The number of rotatable bonds is 8. The number of halogens is 1. The molecule has 138 valence electrons. The molecular formula is C19H29IN4S. The molecule has 0 radical (unpaired) electrons. The topological polar surface area (TPSA) is 39.7 Å². The average molecular weight is 472 g/mol. The zero-order chi connectivity index (χ0) is 17.2. The molecule has 0 bridgehead atoms. The summed E-state index contributed by atoms with van der Waals surface area (Å²) in [6.45, 7) is 4.98. The molecule has 0 aliphatic heterocycles. The Morgan fingerprint density at radius 3 is 2.56 bits per heavy atom. The van der Waals surface area contributed by atoms with Gasteiger partial charge in [-0.2, -0.15) is 0 Å². The van der Waals surface area contributed by atoms with Gasteiger partial charge >= 0.3 is 0 Å². The number of nitrogens with zero attached hydrogens (tertiary/aromatic N) is 2. The number of hydrogen-bond donors (Lipinski definition) is 2. The van der Waals surface area contributed by atoms with Crippen molar-refractivity contribution in [3.05, 3.63) is 58.3 Å². The van der Waals surface area contributed by atoms with Gasteiger partial charge in [0.05, 0.1) is 6.54 Å². The minimum absolute atomic E-state index is 0. The van der Waals surface area contributed by atoms with E-state index in [1.807, 2.05) is 7.05 Å². The highest BCUT2D eigenvalue weighted by molar-refractivity contribution is 14.0. The van der Waals surface area contributed by atoms with Gasteiger partial charge in [-0.3, -0.25) is 9.89 Å². The first-order valence-electron chi connectivity index (χ1n) is 8.40. The predicted molar refractivity (Wildman–Crippen MR) is 120 cm³/mol. The molecule has 25 heavy (non-hydrogen) atoms. The van der Waals surface area contributed by atoms with Crippen LogP contribution in [0.1, 0.15) is 23.8 Å². The zero-order valence-electron chi connectivity index (χ0n) is 15.2. The summed E-state index contributed by atoms with van der Waals surface area (Å²) in [6, 6.07) is 15.3. The van der Waals surface area contributed by atoms with E-state index >= 15 is 0 Å². The third kappa shape index (κ3) is 8.20. The molecule has 0 saturated heterocycles. The van der Waals surface area contributed by atoms with Crippen LogP contribution < -0.4 is 10.6 Å². The number of thiophene rings is 1. The molecule has 2 rings (SSSR count). The van der Waals surface area contributed by atoms with Gasteiger partial charge in [0.2, 0.25) is 0 Å². The molecule has 0 amide bonds. The van der Waals surface area contributed by atoms with Gasteiger partial charge in [0.1, 0.15) is 0 Å². The summed E-state index contributed by atoms with van der Waals surface area (Å²) in [5.74, 6) is 0.862. The van der Waals surface area contributed by atoms with Crippen LogP contribution in [0.4, 0.5) is 0 Å². The largest absolute Gasteiger partial charge is 0.356 e. The summed E-state index contributed by atoms with van der Waals surface area (Å²) >= 11 is 1.76. The fraction of sp³-hybridized carbons (Fsp3) is 0.421. The van der Waals surface area contributed by atoms with Gasteiger partial charge in [-0.1, -0.05) is 36.4 Å². The summed E-state index contributed by atoms with van der Waals surface area (Å²) in [6.07, 6.45) is 1.07. The van der Waals surface area contributed by atoms with Crippen LogP contribution in [0.3, 0.4) is 0 Å². The third-order valence-electron chi connectivity index (χ3n) is 4.12. The quantitative estimate of drug-likeness (QED) is 0.348. The van der Waals surface area contributed by atoms with Gasteiger partial charge in [0.25, 0.3) is 0 Å². The molecule has 0 fully saturated rings. The maximum atomic E-state index is 4.28. The Kier molecular flexibility index (Phi) is 10.8. The summed E-state index contributed by atoms with van der Waals surface area (Å²) in [5.41, 5.74) is 1.35. The highest BCUT2D eigenvalue weighted by Crippen LogP contribution is 2.08. The number of benzene rings is 1. The van der Waals surface area contributed by atoms with Crippen LogP contribution in [-0.4, -0.2) is 37.5 Å². The minimum atomic E-state index is 0. The second-order valence-corrected chi connectivity index (χ2v) is 7.00. The van der Waals surface area contributed by atoms with Crippen molar-refractivity contribution < 1.29 is 0 Å². The van der Waals surface area contributed by atoms with E-state index in [0.717, 1.165) is 32.0 Å². The van der Waals surface area contributed by atoms with Gasteiger partial charge < -0.3 is 10.6 Å². The van der Waals surface area contributed by atoms with Crippen molar-refractivity contribution in [3.8, 4) is 0 Å². The van der Waals surface area contributed by atoms with Gasteiger partial charge in [-0.25, -0.2) is 0 Å². The SMILES string of the molecule is CN=C(NCCC(C)N(C)Cc1ccccc1)NCc1cccs1.I. The van der Waals surface area contributed by atoms with Crippen molar-refractivity contribution in [1.29, 1.82) is 0 Å². The molecule has 0 spiro atoms. The summed E-state index contributed by atoms with van der Waals surface area (Å²) < 4.78 is 0. The number of hydrogen-bond acceptors (Lipinski definition) is 3. The van der Waals surface area contributed by atoms with E-state index in [1.165, 1.54) is 10.4 Å². The standard InChI is InChI=1S/C19H28N4S.HI/c1-16(23(3)15-17-8-5-4-6-9-17)11-12-21-19(20-2)22-14-18-10-7-13-24-18;/h4-10,13,16H,11-12,14-15H2,1-3H3,(H2,20,21,22);1H.